The third-order valence-electron chi connectivity index (χ3n) is 4.98. The number of benzene rings is 1. The van der Waals surface area contributed by atoms with Gasteiger partial charge in [0.1, 0.15) is 6.29 Å². The maximum atomic E-state index is 11.9. The highest BCUT2D eigenvalue weighted by Crippen LogP contribution is 2.75. The van der Waals surface area contributed by atoms with Gasteiger partial charge in [-0.1, -0.05) is 6.07 Å². The van der Waals surface area contributed by atoms with Gasteiger partial charge in [-0.15, -0.1) is 0 Å². The highest BCUT2D eigenvalue weighted by Gasteiger charge is 2.67. The number of carbonyl (C=O) groups is 2. The smallest absolute Gasteiger partial charge is 0.338 e. The second-order valence-corrected chi connectivity index (χ2v) is 6.43. The number of rotatable bonds is 5. The summed E-state index contributed by atoms with van der Waals surface area (Å²) in [6.07, 6.45) is 5.00. The van der Waals surface area contributed by atoms with Crippen molar-refractivity contribution in [3.05, 3.63) is 34.9 Å². The molecule has 0 radical (unpaired) electrons. The van der Waals surface area contributed by atoms with Crippen LogP contribution in [0.15, 0.2) is 18.2 Å². The molecule has 0 spiro atoms. The maximum absolute atomic E-state index is 11.9. The van der Waals surface area contributed by atoms with Gasteiger partial charge in [0.2, 0.25) is 0 Å². The van der Waals surface area contributed by atoms with Gasteiger partial charge in [0.25, 0.3) is 0 Å². The fourth-order valence-electron chi connectivity index (χ4n) is 4.21. The van der Waals surface area contributed by atoms with Crippen LogP contribution in [-0.2, 0) is 14.9 Å². The summed E-state index contributed by atoms with van der Waals surface area (Å²) in [6, 6.07) is 5.84. The van der Waals surface area contributed by atoms with Gasteiger partial charge < -0.3 is 9.53 Å². The largest absolute Gasteiger partial charge is 0.462 e. The van der Waals surface area contributed by atoms with Crippen LogP contribution < -0.4 is 0 Å². The predicted molar refractivity (Wildman–Crippen MR) is 75.8 cm³/mol. The van der Waals surface area contributed by atoms with E-state index in [9.17, 15) is 9.59 Å². The topological polar surface area (TPSA) is 43.4 Å². The lowest BCUT2D eigenvalue weighted by atomic mass is 9.32. The summed E-state index contributed by atoms with van der Waals surface area (Å²) >= 11 is 0. The molecule has 1 aromatic carbocycles. The summed E-state index contributed by atoms with van der Waals surface area (Å²) in [7, 11) is 0. The standard InChI is InChI=1S/C17H20O3/c1-3-20-15(19)13-5-4-12(2)14(8-13)17-9-16(10-17,11-17)6-7-18/h4-5,7-8H,3,6,9-11H2,1-2H3. The van der Waals surface area contributed by atoms with E-state index in [1.807, 2.05) is 25.1 Å². The Morgan fingerprint density at radius 1 is 1.35 bits per heavy atom. The molecule has 1 aromatic rings. The third kappa shape index (κ3) is 1.80. The van der Waals surface area contributed by atoms with E-state index in [1.165, 1.54) is 11.1 Å². The molecule has 3 fully saturated rings. The van der Waals surface area contributed by atoms with E-state index in [1.54, 1.807) is 0 Å². The molecule has 3 aliphatic carbocycles. The summed E-state index contributed by atoms with van der Waals surface area (Å²) < 4.78 is 5.07. The fourth-order valence-corrected chi connectivity index (χ4v) is 4.21. The lowest BCUT2D eigenvalue weighted by Gasteiger charge is -2.71. The molecular weight excluding hydrogens is 252 g/mol. The number of aryl methyl sites for hydroxylation is 1. The van der Waals surface area contributed by atoms with E-state index in [2.05, 4.69) is 6.92 Å². The van der Waals surface area contributed by atoms with E-state index in [4.69, 9.17) is 4.74 Å². The lowest BCUT2D eigenvalue weighted by Crippen LogP contribution is -2.64. The molecule has 0 aromatic heterocycles. The zero-order valence-electron chi connectivity index (χ0n) is 12.1. The molecule has 3 nitrogen and oxygen atoms in total. The van der Waals surface area contributed by atoms with Crippen LogP contribution >= 0.6 is 0 Å². The van der Waals surface area contributed by atoms with Crippen molar-refractivity contribution >= 4 is 12.3 Å². The van der Waals surface area contributed by atoms with Gasteiger partial charge in [-0.05, 0) is 67.2 Å². The molecule has 0 N–H and O–H groups in total. The maximum Gasteiger partial charge on any atom is 0.338 e. The number of hydrogen-bond donors (Lipinski definition) is 0. The zero-order valence-corrected chi connectivity index (χ0v) is 12.1. The average Bonchev–Trinajstić information content (AvgIpc) is 2.33. The van der Waals surface area contributed by atoms with Crippen LogP contribution in [0, 0.1) is 12.3 Å². The highest BCUT2D eigenvalue weighted by molar-refractivity contribution is 5.89. The van der Waals surface area contributed by atoms with Crippen LogP contribution in [0.3, 0.4) is 0 Å². The van der Waals surface area contributed by atoms with Gasteiger partial charge in [-0.3, -0.25) is 0 Å². The Morgan fingerprint density at radius 3 is 2.65 bits per heavy atom. The van der Waals surface area contributed by atoms with Crippen LogP contribution in [0.5, 0.6) is 0 Å². The van der Waals surface area contributed by atoms with E-state index in [-0.39, 0.29) is 16.8 Å². The molecule has 3 heteroatoms. The monoisotopic (exact) mass is 272 g/mol. The Morgan fingerprint density at radius 2 is 2.05 bits per heavy atom. The molecule has 3 saturated carbocycles. The molecule has 0 unspecified atom stereocenters. The molecule has 0 heterocycles. The number of ether oxygens (including phenoxy) is 1. The number of hydrogen-bond acceptors (Lipinski definition) is 3. The van der Waals surface area contributed by atoms with Gasteiger partial charge >= 0.3 is 5.97 Å². The number of carbonyl (C=O) groups excluding carboxylic acids is 2. The summed E-state index contributed by atoms with van der Waals surface area (Å²) in [5, 5.41) is 0. The Hall–Kier alpha value is -1.64. The van der Waals surface area contributed by atoms with Gasteiger partial charge in [-0.2, -0.15) is 0 Å². The number of aldehydes is 1. The first kappa shape index (κ1) is 13.3. The molecule has 3 aliphatic rings. The molecule has 0 amide bonds. The van der Waals surface area contributed by atoms with Crippen molar-refractivity contribution in [1.29, 1.82) is 0 Å². The quantitative estimate of drug-likeness (QED) is 0.610. The first-order valence-electron chi connectivity index (χ1n) is 7.26. The molecule has 106 valence electrons. The van der Waals surface area contributed by atoms with Gasteiger partial charge in [0, 0.05) is 6.42 Å². The summed E-state index contributed by atoms with van der Waals surface area (Å²) in [5.41, 5.74) is 3.64. The lowest BCUT2D eigenvalue weighted by molar-refractivity contribution is -0.152. The minimum Gasteiger partial charge on any atom is -0.462 e. The molecule has 2 bridgehead atoms. The average molecular weight is 272 g/mol. The van der Waals surface area contributed by atoms with Gasteiger partial charge in [-0.25, -0.2) is 4.79 Å². The Balaban J connectivity index is 1.83. The molecule has 0 atom stereocenters. The van der Waals surface area contributed by atoms with Crippen LogP contribution in [0.1, 0.15) is 54.1 Å². The number of esters is 1. The van der Waals surface area contributed by atoms with Crippen molar-refractivity contribution in [3.8, 4) is 0 Å². The Bertz CT molecular complexity index is 554. The van der Waals surface area contributed by atoms with E-state index in [0.717, 1.165) is 25.5 Å². The van der Waals surface area contributed by atoms with E-state index < -0.39 is 0 Å². The normalized spacial score (nSPS) is 30.1. The van der Waals surface area contributed by atoms with Crippen molar-refractivity contribution in [2.24, 2.45) is 5.41 Å². The third-order valence-corrected chi connectivity index (χ3v) is 4.98. The van der Waals surface area contributed by atoms with Crippen LogP contribution in [-0.4, -0.2) is 18.9 Å². The van der Waals surface area contributed by atoms with Crippen LogP contribution in [0.2, 0.25) is 0 Å². The SMILES string of the molecule is CCOC(=O)c1ccc(C)c(C23CC(CC=O)(C2)C3)c1. The second-order valence-electron chi connectivity index (χ2n) is 6.43. The van der Waals surface area contributed by atoms with Gasteiger partial charge in [0.05, 0.1) is 12.2 Å². The summed E-state index contributed by atoms with van der Waals surface area (Å²) in [6.45, 7) is 4.31. The fraction of sp³-hybridized carbons (Fsp3) is 0.529. The molecule has 4 rings (SSSR count). The van der Waals surface area contributed by atoms with E-state index >= 15 is 0 Å². The highest BCUT2D eigenvalue weighted by atomic mass is 16.5. The minimum atomic E-state index is -0.247. The van der Waals surface area contributed by atoms with Crippen molar-refractivity contribution < 1.29 is 14.3 Å². The van der Waals surface area contributed by atoms with Crippen molar-refractivity contribution in [1.82, 2.24) is 0 Å². The summed E-state index contributed by atoms with van der Waals surface area (Å²) in [5.74, 6) is -0.247. The van der Waals surface area contributed by atoms with E-state index in [0.29, 0.717) is 18.6 Å². The first-order chi connectivity index (χ1) is 9.54. The summed E-state index contributed by atoms with van der Waals surface area (Å²) in [4.78, 5) is 22.6. The minimum absolute atomic E-state index is 0.218. The predicted octanol–water partition coefficient (Wildman–Crippen LogP) is 3.18. The second kappa shape index (κ2) is 4.44. The van der Waals surface area contributed by atoms with Gasteiger partial charge in [0.15, 0.2) is 0 Å². The molecule has 0 aliphatic heterocycles. The molecular formula is C17H20O3. The van der Waals surface area contributed by atoms with Crippen molar-refractivity contribution in [3.63, 3.8) is 0 Å². The van der Waals surface area contributed by atoms with Crippen molar-refractivity contribution in [2.75, 3.05) is 6.61 Å². The van der Waals surface area contributed by atoms with Crippen molar-refractivity contribution in [2.45, 2.75) is 44.9 Å². The van der Waals surface area contributed by atoms with Crippen LogP contribution in [0.4, 0.5) is 0 Å². The Labute approximate surface area is 119 Å². The first-order valence-corrected chi connectivity index (χ1v) is 7.26. The molecule has 20 heavy (non-hydrogen) atoms. The van der Waals surface area contributed by atoms with Crippen LogP contribution in [0.25, 0.3) is 0 Å². The molecule has 0 saturated heterocycles. The zero-order chi connectivity index (χ0) is 14.4. The Kier molecular flexibility index (Phi) is 2.96.